The maximum Gasteiger partial charge on any atom is 0.133 e. The van der Waals surface area contributed by atoms with Gasteiger partial charge in [-0.3, -0.25) is 0 Å². The van der Waals surface area contributed by atoms with E-state index in [4.69, 9.17) is 23.2 Å². The predicted molar refractivity (Wildman–Crippen MR) is 134 cm³/mol. The number of rotatable bonds is 3. The molecule has 3 aromatic carbocycles. The molecule has 0 nitrogen and oxygen atoms in total. The summed E-state index contributed by atoms with van der Waals surface area (Å²) in [6, 6.07) is 13.5. The van der Waals surface area contributed by atoms with Gasteiger partial charge in [0.25, 0.3) is 0 Å². The highest BCUT2D eigenvalue weighted by atomic mass is 35.5. The standard InChI is InChI=1S/C26H27Cl2P/c1-14-8-17(4)23(18(5)9-14)21-12-16(3)13-22(25(21)29-26(27)28)24-19(6)10-15(2)11-20(24)7/h8-13H,1-7H3. The molecular formula is C26H27Cl2P. The molecule has 0 aromatic heterocycles. The van der Waals surface area contributed by atoms with Gasteiger partial charge < -0.3 is 0 Å². The average Bonchev–Trinajstić information content (AvgIpc) is 2.55. The van der Waals surface area contributed by atoms with E-state index in [1.165, 1.54) is 66.5 Å². The summed E-state index contributed by atoms with van der Waals surface area (Å²) in [5, 5.41) is 1.17. The van der Waals surface area contributed by atoms with Gasteiger partial charge in [-0.1, -0.05) is 70.7 Å². The number of halogens is 2. The smallest absolute Gasteiger partial charge is 0.0654 e. The van der Waals surface area contributed by atoms with E-state index in [2.05, 4.69) is 84.9 Å². The molecule has 150 valence electrons. The minimum atomic E-state index is 0.362. The second kappa shape index (κ2) is 8.65. The fourth-order valence-electron chi connectivity index (χ4n) is 4.57. The van der Waals surface area contributed by atoms with E-state index in [-0.39, 0.29) is 0 Å². The molecule has 0 fully saturated rings. The highest BCUT2D eigenvalue weighted by Gasteiger charge is 2.18. The van der Waals surface area contributed by atoms with Crippen molar-refractivity contribution in [2.24, 2.45) is 0 Å². The summed E-state index contributed by atoms with van der Waals surface area (Å²) < 4.78 is 0.362. The number of hydrogen-bond acceptors (Lipinski definition) is 0. The monoisotopic (exact) mass is 440 g/mol. The number of hydrogen-bond donors (Lipinski definition) is 0. The normalized spacial score (nSPS) is 11.2. The van der Waals surface area contributed by atoms with Crippen molar-refractivity contribution in [3.63, 3.8) is 0 Å². The molecule has 3 heteroatoms. The highest BCUT2D eigenvalue weighted by Crippen LogP contribution is 2.37. The molecule has 0 saturated heterocycles. The van der Waals surface area contributed by atoms with Crippen molar-refractivity contribution in [1.29, 1.82) is 0 Å². The molecule has 0 aliphatic carbocycles. The van der Waals surface area contributed by atoms with Crippen LogP contribution in [0.2, 0.25) is 0 Å². The highest BCUT2D eigenvalue weighted by molar-refractivity contribution is 7.59. The van der Waals surface area contributed by atoms with E-state index < -0.39 is 0 Å². The molecule has 29 heavy (non-hydrogen) atoms. The Morgan fingerprint density at radius 2 is 0.862 bits per heavy atom. The van der Waals surface area contributed by atoms with Crippen molar-refractivity contribution in [2.75, 3.05) is 0 Å². The van der Waals surface area contributed by atoms with Gasteiger partial charge in [0.2, 0.25) is 0 Å². The van der Waals surface area contributed by atoms with Crippen molar-refractivity contribution in [2.45, 2.75) is 48.5 Å². The van der Waals surface area contributed by atoms with E-state index in [0.29, 0.717) is 4.21 Å². The molecule has 3 aromatic rings. The van der Waals surface area contributed by atoms with Crippen molar-refractivity contribution in [3.8, 4) is 22.3 Å². The second-order valence-corrected chi connectivity index (χ2v) is 10.7. The fourth-order valence-corrected chi connectivity index (χ4v) is 5.84. The topological polar surface area (TPSA) is 0 Å². The molecule has 0 heterocycles. The fraction of sp³-hybridized carbons (Fsp3) is 0.269. The van der Waals surface area contributed by atoms with Gasteiger partial charge in [0.15, 0.2) is 0 Å². The minimum Gasteiger partial charge on any atom is -0.0654 e. The Morgan fingerprint density at radius 3 is 1.17 bits per heavy atom. The molecule has 0 amide bonds. The van der Waals surface area contributed by atoms with Crippen LogP contribution in [0.3, 0.4) is 0 Å². The zero-order valence-corrected chi connectivity index (χ0v) is 20.6. The van der Waals surface area contributed by atoms with Crippen molar-refractivity contribution < 1.29 is 0 Å². The van der Waals surface area contributed by atoms with Crippen molar-refractivity contribution >= 4 is 40.9 Å². The molecule has 0 radical (unpaired) electrons. The van der Waals surface area contributed by atoms with Crippen LogP contribution in [0.15, 0.2) is 36.4 Å². The zero-order chi connectivity index (χ0) is 21.5. The Balaban J connectivity index is 2.47. The predicted octanol–water partition coefficient (Wildman–Crippen LogP) is 8.32. The van der Waals surface area contributed by atoms with Gasteiger partial charge in [-0.2, -0.15) is 0 Å². The second-order valence-electron chi connectivity index (χ2n) is 8.11. The van der Waals surface area contributed by atoms with Crippen LogP contribution in [0.25, 0.3) is 22.3 Å². The van der Waals surface area contributed by atoms with Crippen LogP contribution >= 0.6 is 31.4 Å². The van der Waals surface area contributed by atoms with E-state index in [1.807, 2.05) is 0 Å². The molecule has 0 saturated carbocycles. The summed E-state index contributed by atoms with van der Waals surface area (Å²) in [5.74, 6) is 0. The molecule has 0 atom stereocenters. The summed E-state index contributed by atoms with van der Waals surface area (Å²) >= 11 is 12.5. The van der Waals surface area contributed by atoms with Crippen LogP contribution in [0.5, 0.6) is 0 Å². The Hall–Kier alpha value is -1.59. The van der Waals surface area contributed by atoms with Gasteiger partial charge in [-0.25, -0.2) is 0 Å². The zero-order valence-electron chi connectivity index (χ0n) is 18.2. The van der Waals surface area contributed by atoms with Crippen LogP contribution in [0.4, 0.5) is 0 Å². The van der Waals surface area contributed by atoms with Crippen LogP contribution in [-0.2, 0) is 0 Å². The van der Waals surface area contributed by atoms with Crippen LogP contribution in [0.1, 0.15) is 38.9 Å². The lowest BCUT2D eigenvalue weighted by Crippen LogP contribution is -2.09. The summed E-state index contributed by atoms with van der Waals surface area (Å²) in [6.45, 7) is 15.2. The van der Waals surface area contributed by atoms with Gasteiger partial charge in [0.1, 0.15) is 4.21 Å². The maximum atomic E-state index is 6.25. The maximum absolute atomic E-state index is 6.25. The lowest BCUT2D eigenvalue weighted by atomic mass is 9.88. The van der Waals surface area contributed by atoms with Gasteiger partial charge in [-0.15, -0.1) is 0 Å². The first-order valence-electron chi connectivity index (χ1n) is 9.79. The summed E-state index contributed by atoms with van der Waals surface area (Å²) in [5.41, 5.74) is 13.9. The molecule has 0 aliphatic heterocycles. The van der Waals surface area contributed by atoms with E-state index >= 15 is 0 Å². The van der Waals surface area contributed by atoms with E-state index in [1.54, 1.807) is 0 Å². The van der Waals surface area contributed by atoms with Crippen LogP contribution < -0.4 is 5.30 Å². The van der Waals surface area contributed by atoms with E-state index in [0.717, 1.165) is 8.20 Å². The lowest BCUT2D eigenvalue weighted by Gasteiger charge is -2.20. The van der Waals surface area contributed by atoms with Gasteiger partial charge in [0.05, 0.1) is 0 Å². The molecule has 0 spiro atoms. The van der Waals surface area contributed by atoms with Gasteiger partial charge in [0, 0.05) is 5.30 Å². The van der Waals surface area contributed by atoms with Gasteiger partial charge in [-0.05, 0) is 107 Å². The molecule has 0 bridgehead atoms. The molecular weight excluding hydrogens is 414 g/mol. The van der Waals surface area contributed by atoms with E-state index in [9.17, 15) is 0 Å². The minimum absolute atomic E-state index is 0.362. The largest absolute Gasteiger partial charge is 0.133 e. The first-order valence-corrected chi connectivity index (χ1v) is 11.4. The lowest BCUT2D eigenvalue weighted by molar-refractivity contribution is 1.31. The summed E-state index contributed by atoms with van der Waals surface area (Å²) in [6.07, 6.45) is 0. The SMILES string of the molecule is Cc1cc(C)c(-c2cc(C)cc(-c3c(C)cc(C)cc3C)c2P=C(Cl)Cl)c(C)c1. The summed E-state index contributed by atoms with van der Waals surface area (Å²) in [7, 11) is 0.837. The van der Waals surface area contributed by atoms with Crippen LogP contribution in [0, 0.1) is 48.5 Å². The average molecular weight is 441 g/mol. The van der Waals surface area contributed by atoms with Crippen LogP contribution in [-0.4, -0.2) is 4.21 Å². The Morgan fingerprint density at radius 1 is 0.552 bits per heavy atom. The third-order valence-corrected chi connectivity index (χ3v) is 6.72. The number of aryl methyl sites for hydroxylation is 7. The Kier molecular flexibility index (Phi) is 6.59. The van der Waals surface area contributed by atoms with Crippen molar-refractivity contribution in [1.82, 2.24) is 0 Å². The third kappa shape index (κ3) is 4.61. The summed E-state index contributed by atoms with van der Waals surface area (Å²) in [4.78, 5) is 0. The Bertz CT molecular complexity index is 1010. The quantitative estimate of drug-likeness (QED) is 0.359. The first kappa shape index (κ1) is 22.1. The molecule has 0 N–H and O–H groups in total. The number of benzene rings is 3. The molecule has 3 rings (SSSR count). The Labute approximate surface area is 186 Å². The first-order chi connectivity index (χ1) is 13.6. The molecule has 0 aliphatic rings. The van der Waals surface area contributed by atoms with Crippen molar-refractivity contribution in [3.05, 3.63) is 75.3 Å². The third-order valence-electron chi connectivity index (χ3n) is 5.34. The van der Waals surface area contributed by atoms with Gasteiger partial charge >= 0.3 is 0 Å². The molecule has 0 unspecified atom stereocenters.